The van der Waals surface area contributed by atoms with Gasteiger partial charge in [-0.15, -0.1) is 0 Å². The van der Waals surface area contributed by atoms with Crippen LogP contribution in [0.3, 0.4) is 0 Å². The van der Waals surface area contributed by atoms with E-state index in [0.717, 1.165) is 0 Å². The van der Waals surface area contributed by atoms with Gasteiger partial charge in [-0.1, -0.05) is 60.7 Å². The molecule has 51 heavy (non-hydrogen) atoms. The molecule has 7 rings (SSSR count). The molecule has 0 aliphatic carbocycles. The molecular weight excluding hydrogens is 659 g/mol. The van der Waals surface area contributed by atoms with E-state index in [4.69, 9.17) is 0 Å². The van der Waals surface area contributed by atoms with Gasteiger partial charge in [-0.3, -0.25) is 0 Å². The molecule has 7 aromatic rings. The normalized spacial score (nSPS) is 10.9. The first-order chi connectivity index (χ1) is 24.8. The molecule has 0 atom stereocenters. The van der Waals surface area contributed by atoms with Gasteiger partial charge in [0, 0.05) is 65.4 Å². The van der Waals surface area contributed by atoms with E-state index in [-0.39, 0.29) is 21.8 Å². The maximum atomic E-state index is 2.33. The third-order valence-electron chi connectivity index (χ3n) is 8.68. The second-order valence-corrected chi connectivity index (χ2v) is 17.0. The van der Waals surface area contributed by atoms with Crippen LogP contribution in [0.4, 0.5) is 17.1 Å². The summed E-state index contributed by atoms with van der Waals surface area (Å²) in [6, 6.07) is 63.8. The SMILES string of the molecule is CN(C)c1ccc([S+](c2ccc(N(C)C)cc2)c2ccc(N(C)C)cc2)cc1.c1ccc([S+](c2ccccc2)c2ccc3ccccc3c2)cc1. The van der Waals surface area contributed by atoms with Gasteiger partial charge in [-0.05, 0) is 120 Å². The predicted octanol–water partition coefficient (Wildman–Crippen LogP) is 10.9. The molecule has 0 N–H and O–H groups in total. The summed E-state index contributed by atoms with van der Waals surface area (Å²) < 4.78 is 0. The molecule has 0 aliphatic heterocycles. The Morgan fingerprint density at radius 3 is 0.941 bits per heavy atom. The smallest absolute Gasteiger partial charge is 0.167 e. The lowest BCUT2D eigenvalue weighted by atomic mass is 10.1. The molecule has 3 nitrogen and oxygen atoms in total. The van der Waals surface area contributed by atoms with E-state index in [1.165, 1.54) is 57.2 Å². The van der Waals surface area contributed by atoms with Crippen molar-refractivity contribution in [2.24, 2.45) is 0 Å². The molecule has 0 bridgehead atoms. The highest BCUT2D eigenvalue weighted by Gasteiger charge is 2.30. The van der Waals surface area contributed by atoms with Crippen LogP contribution in [0.25, 0.3) is 10.8 Å². The lowest BCUT2D eigenvalue weighted by Crippen LogP contribution is -2.11. The van der Waals surface area contributed by atoms with Crippen molar-refractivity contribution in [2.75, 3.05) is 57.0 Å². The minimum Gasteiger partial charge on any atom is -0.378 e. The predicted molar refractivity (Wildman–Crippen MR) is 223 cm³/mol. The van der Waals surface area contributed by atoms with Crippen LogP contribution >= 0.6 is 0 Å². The van der Waals surface area contributed by atoms with Crippen LogP contribution in [0.5, 0.6) is 0 Å². The van der Waals surface area contributed by atoms with Crippen molar-refractivity contribution in [1.82, 2.24) is 0 Å². The Kier molecular flexibility index (Phi) is 11.7. The summed E-state index contributed by atoms with van der Waals surface area (Å²) in [5, 5.41) is 2.59. The van der Waals surface area contributed by atoms with E-state index >= 15 is 0 Å². The lowest BCUT2D eigenvalue weighted by Gasteiger charge is -2.16. The molecule has 0 fully saturated rings. The van der Waals surface area contributed by atoms with Crippen molar-refractivity contribution in [3.8, 4) is 0 Å². The Balaban J connectivity index is 0.000000179. The second kappa shape index (κ2) is 16.7. The molecule has 0 amide bonds. The van der Waals surface area contributed by atoms with Gasteiger partial charge in [0.15, 0.2) is 29.4 Å². The average Bonchev–Trinajstić information content (AvgIpc) is 3.17. The first-order valence-electron chi connectivity index (χ1n) is 17.2. The number of hydrogen-bond acceptors (Lipinski definition) is 3. The van der Waals surface area contributed by atoms with Gasteiger partial charge in [0.2, 0.25) is 0 Å². The molecule has 0 aromatic heterocycles. The van der Waals surface area contributed by atoms with Crippen LogP contribution in [0.2, 0.25) is 0 Å². The molecule has 256 valence electrons. The Morgan fingerprint density at radius 1 is 0.275 bits per heavy atom. The summed E-state index contributed by atoms with van der Waals surface area (Å²) in [5.41, 5.74) is 3.66. The van der Waals surface area contributed by atoms with Gasteiger partial charge in [0.1, 0.15) is 0 Å². The number of benzene rings is 7. The minimum atomic E-state index is -0.135. The van der Waals surface area contributed by atoms with Crippen molar-refractivity contribution in [3.05, 3.63) is 176 Å². The van der Waals surface area contributed by atoms with Crippen LogP contribution in [0.1, 0.15) is 0 Å². The van der Waals surface area contributed by atoms with E-state index in [0.29, 0.717) is 0 Å². The highest BCUT2D eigenvalue weighted by Crippen LogP contribution is 2.35. The molecular formula is C46H47N3S2+2. The summed E-state index contributed by atoms with van der Waals surface area (Å²) in [6.45, 7) is 0. The van der Waals surface area contributed by atoms with Gasteiger partial charge in [0.05, 0.1) is 21.8 Å². The lowest BCUT2D eigenvalue weighted by molar-refractivity contribution is 1.12. The van der Waals surface area contributed by atoms with Crippen molar-refractivity contribution in [2.45, 2.75) is 29.4 Å². The van der Waals surface area contributed by atoms with E-state index < -0.39 is 0 Å². The molecule has 0 spiro atoms. The molecule has 0 saturated carbocycles. The first kappa shape index (κ1) is 35.7. The number of fused-ring (bicyclic) bond motifs is 1. The first-order valence-corrected chi connectivity index (χ1v) is 19.6. The standard InChI is InChI=1S/C24H30N3S.C22H17S/c1-25(2)19-7-13-22(14-8-19)28(23-15-9-20(10-16-23)26(3)4)24-17-11-21(12-18-24)27(5)6;1-3-11-20(12-4-1)23(21-13-5-2-6-14-21)22-16-15-18-9-7-8-10-19(18)17-22/h7-18H,1-6H3;1-17H/q2*+1. The van der Waals surface area contributed by atoms with Crippen LogP contribution in [0.15, 0.2) is 205 Å². The van der Waals surface area contributed by atoms with Crippen molar-refractivity contribution >= 4 is 49.6 Å². The monoisotopic (exact) mass is 705 g/mol. The Labute approximate surface area is 310 Å². The molecule has 7 aromatic carbocycles. The van der Waals surface area contributed by atoms with Gasteiger partial charge >= 0.3 is 0 Å². The highest BCUT2D eigenvalue weighted by atomic mass is 32.2. The van der Waals surface area contributed by atoms with Crippen molar-refractivity contribution in [3.63, 3.8) is 0 Å². The van der Waals surface area contributed by atoms with Crippen molar-refractivity contribution in [1.29, 1.82) is 0 Å². The number of hydrogen-bond donors (Lipinski definition) is 0. The zero-order valence-corrected chi connectivity index (χ0v) is 32.0. The number of anilines is 3. The third kappa shape index (κ3) is 8.80. The largest absolute Gasteiger partial charge is 0.378 e. The fourth-order valence-corrected chi connectivity index (χ4v) is 10.0. The summed E-state index contributed by atoms with van der Waals surface area (Å²) >= 11 is 0. The summed E-state index contributed by atoms with van der Waals surface area (Å²) in [4.78, 5) is 14.5. The van der Waals surface area contributed by atoms with E-state index in [1.807, 2.05) is 0 Å². The Morgan fingerprint density at radius 2 is 0.569 bits per heavy atom. The second-order valence-electron chi connectivity index (χ2n) is 12.9. The summed E-state index contributed by atoms with van der Waals surface area (Å²) in [7, 11) is 12.3. The molecule has 0 aliphatic rings. The van der Waals surface area contributed by atoms with Gasteiger partial charge in [-0.25, -0.2) is 0 Å². The van der Waals surface area contributed by atoms with Crippen LogP contribution < -0.4 is 14.7 Å². The zero-order valence-electron chi connectivity index (χ0n) is 30.4. The quantitative estimate of drug-likeness (QED) is 0.138. The van der Waals surface area contributed by atoms with Crippen molar-refractivity contribution < 1.29 is 0 Å². The Hall–Kier alpha value is -5.10. The molecule has 0 heterocycles. The molecule has 0 saturated heterocycles. The Bertz CT molecular complexity index is 1950. The fraction of sp³-hybridized carbons (Fsp3) is 0.130. The van der Waals surface area contributed by atoms with E-state index in [1.54, 1.807) is 0 Å². The number of nitrogens with zero attached hydrogens (tertiary/aromatic N) is 3. The highest BCUT2D eigenvalue weighted by molar-refractivity contribution is 7.97. The van der Waals surface area contributed by atoms with Gasteiger partial charge in [-0.2, -0.15) is 0 Å². The van der Waals surface area contributed by atoms with Crippen LogP contribution in [0, 0.1) is 0 Å². The fourth-order valence-electron chi connectivity index (χ4n) is 5.87. The van der Waals surface area contributed by atoms with Gasteiger partial charge in [0.25, 0.3) is 0 Å². The summed E-state index contributed by atoms with van der Waals surface area (Å²) in [5.74, 6) is 0. The van der Waals surface area contributed by atoms with E-state index in [2.05, 4.69) is 233 Å². The molecule has 0 unspecified atom stereocenters. The zero-order chi connectivity index (χ0) is 35.7. The minimum absolute atomic E-state index is 0.0707. The maximum absolute atomic E-state index is 2.33. The van der Waals surface area contributed by atoms with E-state index in [9.17, 15) is 0 Å². The molecule has 5 heteroatoms. The average molecular weight is 706 g/mol. The maximum Gasteiger partial charge on any atom is 0.167 e. The molecule has 0 radical (unpaired) electrons. The van der Waals surface area contributed by atoms with Crippen LogP contribution in [-0.4, -0.2) is 42.3 Å². The third-order valence-corrected chi connectivity index (χ3v) is 13.1. The summed E-state index contributed by atoms with van der Waals surface area (Å²) in [6.07, 6.45) is 0. The topological polar surface area (TPSA) is 9.72 Å². The van der Waals surface area contributed by atoms with Gasteiger partial charge < -0.3 is 14.7 Å². The number of rotatable bonds is 9. The van der Waals surface area contributed by atoms with Crippen LogP contribution in [-0.2, 0) is 21.8 Å².